The second-order valence-corrected chi connectivity index (χ2v) is 21.5. The van der Waals surface area contributed by atoms with Crippen LogP contribution in [0.4, 0.5) is 14.5 Å². The average molecular weight is 991 g/mol. The van der Waals surface area contributed by atoms with Crippen molar-refractivity contribution in [2.45, 2.75) is 149 Å². The number of hydrogen-bond acceptors (Lipinski definition) is 9. The minimum atomic E-state index is -0.681. The van der Waals surface area contributed by atoms with E-state index in [1.807, 2.05) is 58.0 Å². The summed E-state index contributed by atoms with van der Waals surface area (Å²) in [5, 5.41) is 13.6. The van der Waals surface area contributed by atoms with Crippen molar-refractivity contribution in [2.24, 2.45) is 40.9 Å². The number of aryl methyl sites for hydroxylation is 1. The van der Waals surface area contributed by atoms with Crippen molar-refractivity contribution in [1.29, 1.82) is 0 Å². The number of aliphatic hydroxyl groups excluding tert-OH is 1. The van der Waals surface area contributed by atoms with Gasteiger partial charge in [-0.1, -0.05) is 75.7 Å². The van der Waals surface area contributed by atoms with Crippen LogP contribution in [0.5, 0.6) is 0 Å². The van der Waals surface area contributed by atoms with Crippen LogP contribution in [0.1, 0.15) is 147 Å². The summed E-state index contributed by atoms with van der Waals surface area (Å²) >= 11 is 0. The lowest BCUT2D eigenvalue weighted by Gasteiger charge is -2.48. The first-order chi connectivity index (χ1) is 34.3. The van der Waals surface area contributed by atoms with Gasteiger partial charge < -0.3 is 24.8 Å². The highest BCUT2D eigenvalue weighted by Gasteiger charge is 2.49. The van der Waals surface area contributed by atoms with Crippen molar-refractivity contribution in [3.63, 3.8) is 0 Å². The Morgan fingerprint density at radius 2 is 1.57 bits per heavy atom. The molecule has 0 bridgehead atoms. The number of carbonyl (C=O) groups is 6. The van der Waals surface area contributed by atoms with Crippen LogP contribution in [0.25, 0.3) is 0 Å². The molecule has 3 aromatic rings. The number of benzene rings is 3. The number of β-lactam (4-membered cyclic amide) rings is 1. The molecule has 1 saturated carbocycles. The highest BCUT2D eigenvalue weighted by atomic mass is 19.1. The molecule has 0 radical (unpaired) electrons. The summed E-state index contributed by atoms with van der Waals surface area (Å²) in [6.07, 6.45) is 8.72. The fourth-order valence-electron chi connectivity index (χ4n) is 11.4. The molecule has 11 nitrogen and oxygen atoms in total. The van der Waals surface area contributed by atoms with Crippen LogP contribution in [-0.4, -0.2) is 59.2 Å². The number of hydrogen-bond donors (Lipinski definition) is 2. The van der Waals surface area contributed by atoms with Gasteiger partial charge in [-0.15, -0.1) is 0 Å². The lowest BCUT2D eigenvalue weighted by Crippen LogP contribution is -2.55. The molecule has 72 heavy (non-hydrogen) atoms. The van der Waals surface area contributed by atoms with Crippen molar-refractivity contribution in [3.05, 3.63) is 124 Å². The van der Waals surface area contributed by atoms with Gasteiger partial charge in [-0.2, -0.15) is 0 Å². The summed E-state index contributed by atoms with van der Waals surface area (Å²) in [4.78, 5) is 80.8. The van der Waals surface area contributed by atoms with E-state index in [0.29, 0.717) is 61.8 Å². The van der Waals surface area contributed by atoms with Gasteiger partial charge in [0.2, 0.25) is 11.8 Å². The molecule has 7 rings (SSSR count). The lowest BCUT2D eigenvalue weighted by atomic mass is 9.62. The number of Topliss-reactive ketones (excluding diaryl/α,β-unsaturated/α-hetero) is 2. The van der Waals surface area contributed by atoms with Gasteiger partial charge in [0.25, 0.3) is 0 Å². The third kappa shape index (κ3) is 13.0. The summed E-state index contributed by atoms with van der Waals surface area (Å²) in [5.74, 6) is -2.36. The molecule has 4 aliphatic rings. The quantitative estimate of drug-likeness (QED) is 0.0639. The van der Waals surface area contributed by atoms with Crippen LogP contribution in [0.3, 0.4) is 0 Å². The van der Waals surface area contributed by atoms with Gasteiger partial charge in [-0.25, -0.2) is 8.78 Å². The number of esters is 2. The monoisotopic (exact) mass is 991 g/mol. The molecule has 1 aliphatic heterocycles. The molecule has 0 aromatic heterocycles. The first kappa shape index (κ1) is 54.0. The maximum atomic E-state index is 14.2. The normalized spacial score (nSPS) is 25.7. The minimum absolute atomic E-state index is 0.00970. The Morgan fingerprint density at radius 3 is 2.24 bits per heavy atom. The molecular formula is C59H72F2N2O9. The Bertz CT molecular complexity index is 2500. The number of ether oxygens (including phenoxy) is 2. The zero-order valence-electron chi connectivity index (χ0n) is 42.7. The first-order valence-electron chi connectivity index (χ1n) is 26.1. The molecule has 2 fully saturated rings. The predicted octanol–water partition coefficient (Wildman–Crippen LogP) is 10.8. The third-order valence-corrected chi connectivity index (χ3v) is 15.9. The van der Waals surface area contributed by atoms with Crippen LogP contribution < -0.4 is 10.2 Å². The second kappa shape index (κ2) is 23.8. The minimum Gasteiger partial charge on any atom is -0.461 e. The van der Waals surface area contributed by atoms with Gasteiger partial charge >= 0.3 is 11.9 Å². The average Bonchev–Trinajstić information content (AvgIpc) is 3.51. The number of amides is 2. The van der Waals surface area contributed by atoms with E-state index >= 15 is 0 Å². The Hall–Kier alpha value is -5.82. The number of rotatable bonds is 20. The zero-order valence-corrected chi connectivity index (χ0v) is 42.7. The SMILES string of the molecule is CCC(C)(C)C(=O)OC1CC(C)C(C(=O)NCCC(=O)CCc2ccc(C3C(CCC(OC(C)=O)c4ccc(F)cc4)C(=O)N3c3ccc(F)cc3)cc2)=C2C=CC(C)C(CCC3CCC(=O)CC(O)C3)C21. The number of carbonyl (C=O) groups excluding carboxylic acids is 6. The number of nitrogens with one attached hydrogen (secondary N) is 1. The third-order valence-electron chi connectivity index (χ3n) is 15.9. The van der Waals surface area contributed by atoms with E-state index in [1.54, 1.807) is 29.2 Å². The van der Waals surface area contributed by atoms with Crippen molar-refractivity contribution in [2.75, 3.05) is 11.4 Å². The first-order valence-corrected chi connectivity index (χ1v) is 26.1. The van der Waals surface area contributed by atoms with Crippen LogP contribution >= 0.6 is 0 Å². The predicted molar refractivity (Wildman–Crippen MR) is 270 cm³/mol. The Kier molecular flexibility index (Phi) is 17.8. The molecule has 3 aliphatic carbocycles. The van der Waals surface area contributed by atoms with E-state index in [-0.39, 0.29) is 84.7 Å². The number of ketones is 2. The summed E-state index contributed by atoms with van der Waals surface area (Å²) in [6.45, 7) is 11.4. The van der Waals surface area contributed by atoms with Crippen LogP contribution in [-0.2, 0) is 44.7 Å². The van der Waals surface area contributed by atoms with E-state index in [0.717, 1.165) is 36.0 Å². The van der Waals surface area contributed by atoms with Gasteiger partial charge in [-0.3, -0.25) is 28.8 Å². The summed E-state index contributed by atoms with van der Waals surface area (Å²) in [6, 6.07) is 18.8. The van der Waals surface area contributed by atoms with E-state index < -0.39 is 53.3 Å². The Balaban J connectivity index is 0.987. The van der Waals surface area contributed by atoms with Gasteiger partial charge in [0.15, 0.2) is 0 Å². The molecule has 0 spiro atoms. The highest BCUT2D eigenvalue weighted by Crippen LogP contribution is 2.49. The van der Waals surface area contributed by atoms with Crippen molar-refractivity contribution < 1.29 is 52.1 Å². The van der Waals surface area contributed by atoms with Gasteiger partial charge in [0.1, 0.15) is 35.4 Å². The van der Waals surface area contributed by atoms with Crippen LogP contribution in [0.2, 0.25) is 0 Å². The number of allylic oxidation sites excluding steroid dienone is 2. The van der Waals surface area contributed by atoms with Crippen molar-refractivity contribution >= 4 is 41.0 Å². The van der Waals surface area contributed by atoms with Gasteiger partial charge in [-0.05, 0) is 148 Å². The number of halogens is 2. The standard InChI is InChI=1S/C59H72F2N2O9/c1-7-59(5,6)58(70)72-52-32-36(3)53(49-26-8-35(2)48(54(49)52)27-13-39-12-25-46(66)34-47(67)33-39)56(68)62-31-30-45(65)24-11-38-9-14-41(15-10-38)55-50(57(69)63(55)44-22-20-43(61)21-23-44)28-29-51(71-37(4)64)40-16-18-42(60)19-17-40/h8-10,14-23,26,35-36,39,47-48,50-52,54-55,67H,7,11-13,24-25,27-34H2,1-6H3,(H,62,68). The summed E-state index contributed by atoms with van der Waals surface area (Å²) in [7, 11) is 0. The molecular weight excluding hydrogens is 919 g/mol. The van der Waals surface area contributed by atoms with Crippen LogP contribution in [0.15, 0.2) is 96.1 Å². The van der Waals surface area contributed by atoms with Crippen LogP contribution in [0, 0.1) is 52.6 Å². The number of nitrogens with zero attached hydrogens (tertiary/aromatic N) is 1. The molecule has 1 saturated heterocycles. The fourth-order valence-corrected chi connectivity index (χ4v) is 11.4. The maximum absolute atomic E-state index is 14.2. The lowest BCUT2D eigenvalue weighted by molar-refractivity contribution is -0.165. The van der Waals surface area contributed by atoms with E-state index in [4.69, 9.17) is 9.47 Å². The topological polar surface area (TPSA) is 156 Å². The number of fused-ring (bicyclic) bond motifs is 1. The van der Waals surface area contributed by atoms with E-state index in [9.17, 15) is 42.7 Å². The van der Waals surface area contributed by atoms with Gasteiger partial charge in [0.05, 0.1) is 23.5 Å². The fraction of sp³-hybridized carbons (Fsp3) is 0.525. The number of aliphatic hydroxyl groups is 1. The summed E-state index contributed by atoms with van der Waals surface area (Å²) in [5.41, 5.74) is 3.80. The smallest absolute Gasteiger partial charge is 0.311 e. The molecule has 1 heterocycles. The van der Waals surface area contributed by atoms with E-state index in [2.05, 4.69) is 18.3 Å². The molecule has 10 atom stereocenters. The highest BCUT2D eigenvalue weighted by molar-refractivity contribution is 6.03. The van der Waals surface area contributed by atoms with Crippen molar-refractivity contribution in [1.82, 2.24) is 5.32 Å². The molecule has 386 valence electrons. The summed E-state index contributed by atoms with van der Waals surface area (Å²) < 4.78 is 39.7. The Morgan fingerprint density at radius 1 is 0.889 bits per heavy atom. The molecule has 2 N–H and O–H groups in total. The van der Waals surface area contributed by atoms with Crippen molar-refractivity contribution in [3.8, 4) is 0 Å². The molecule has 3 aromatic carbocycles. The second-order valence-electron chi connectivity index (χ2n) is 21.5. The van der Waals surface area contributed by atoms with Gasteiger partial charge in [0, 0.05) is 56.3 Å². The number of anilines is 1. The molecule has 13 heteroatoms. The molecule has 10 unspecified atom stereocenters. The largest absolute Gasteiger partial charge is 0.461 e. The zero-order chi connectivity index (χ0) is 51.9. The maximum Gasteiger partial charge on any atom is 0.311 e. The van der Waals surface area contributed by atoms with E-state index in [1.165, 1.54) is 31.2 Å². The Labute approximate surface area is 423 Å². The molecule has 2 amide bonds.